The van der Waals surface area contributed by atoms with Crippen LogP contribution in [0.4, 0.5) is 11.4 Å². The lowest BCUT2D eigenvalue weighted by molar-refractivity contribution is 0.667. The summed E-state index contributed by atoms with van der Waals surface area (Å²) >= 11 is 0. The zero-order valence-corrected chi connectivity index (χ0v) is 34.7. The fourth-order valence-corrected chi connectivity index (χ4v) is 9.65. The highest BCUT2D eigenvalue weighted by Crippen LogP contribution is 2.43. The van der Waals surface area contributed by atoms with Gasteiger partial charge in [-0.05, 0) is 107 Å². The molecule has 1 aliphatic rings. The van der Waals surface area contributed by atoms with Crippen molar-refractivity contribution in [2.45, 2.75) is 12.8 Å². The zero-order valence-electron chi connectivity index (χ0n) is 34.7. The molecule has 3 heteroatoms. The van der Waals surface area contributed by atoms with Crippen molar-refractivity contribution >= 4 is 60.7 Å². The van der Waals surface area contributed by atoms with Crippen molar-refractivity contribution in [1.82, 2.24) is 4.57 Å². The van der Waals surface area contributed by atoms with Crippen LogP contribution in [0.15, 0.2) is 241 Å². The van der Waals surface area contributed by atoms with Crippen molar-refractivity contribution in [3.05, 3.63) is 242 Å². The van der Waals surface area contributed by atoms with E-state index in [0.717, 1.165) is 57.4 Å². The van der Waals surface area contributed by atoms with E-state index >= 15 is 0 Å². The summed E-state index contributed by atoms with van der Waals surface area (Å²) in [5.41, 5.74) is 18.3. The van der Waals surface area contributed by atoms with Gasteiger partial charge in [-0.2, -0.15) is 0 Å². The highest BCUT2D eigenvalue weighted by molar-refractivity contribution is 6.11. The number of nitrogens with zero attached hydrogens (tertiary/aromatic N) is 2. The van der Waals surface area contributed by atoms with Crippen LogP contribution in [0.25, 0.3) is 88.4 Å². The molecule has 0 amide bonds. The molecule has 0 saturated carbocycles. The molecule has 2 heterocycles. The molecule has 0 saturated heterocycles. The van der Waals surface area contributed by atoms with Crippen molar-refractivity contribution in [3.8, 4) is 39.1 Å². The summed E-state index contributed by atoms with van der Waals surface area (Å²) in [5.74, 6) is 0. The topological polar surface area (TPSA) is 21.3 Å². The second-order valence-electron chi connectivity index (χ2n) is 16.4. The van der Waals surface area contributed by atoms with Crippen molar-refractivity contribution in [1.29, 1.82) is 0 Å². The van der Waals surface area contributed by atoms with E-state index in [1.165, 1.54) is 66.5 Å². The minimum Gasteiger partial charge on any atom is -0.455 e. The number of aromatic nitrogens is 1. The lowest BCUT2D eigenvalue weighted by Crippen LogP contribution is -2.19. The largest absolute Gasteiger partial charge is 0.455 e. The number of fused-ring (bicyclic) bond motifs is 6. The SMILES string of the molecule is C1=CC(c2cccc3c2oc2ccccc23)=C(N(c2ccc(-c3ccc(-c4ccccc4)cc3)cc2)c2ccc(-c3ccc4c(c3)c3ccccc3n4-c3ccccc3)cc2)CC1. The Balaban J connectivity index is 0.968. The molecule has 3 nitrogen and oxygen atoms in total. The summed E-state index contributed by atoms with van der Waals surface area (Å²) in [6, 6.07) is 78.8. The molecular formula is C60H42N2O. The number of rotatable bonds is 8. The molecule has 0 aliphatic heterocycles. The van der Waals surface area contributed by atoms with Gasteiger partial charge in [-0.25, -0.2) is 0 Å². The van der Waals surface area contributed by atoms with Crippen LogP contribution in [0, 0.1) is 0 Å². The third kappa shape index (κ3) is 6.45. The molecule has 12 rings (SSSR count). The smallest absolute Gasteiger partial charge is 0.143 e. The highest BCUT2D eigenvalue weighted by atomic mass is 16.3. The Morgan fingerprint density at radius 3 is 1.67 bits per heavy atom. The van der Waals surface area contributed by atoms with Gasteiger partial charge in [0.05, 0.1) is 11.0 Å². The zero-order chi connectivity index (χ0) is 41.7. The van der Waals surface area contributed by atoms with Gasteiger partial charge < -0.3 is 13.9 Å². The van der Waals surface area contributed by atoms with Gasteiger partial charge in [-0.3, -0.25) is 0 Å². The fourth-order valence-electron chi connectivity index (χ4n) is 9.65. The number of allylic oxidation sites excluding steroid dienone is 4. The number of hydrogen-bond acceptors (Lipinski definition) is 2. The Morgan fingerprint density at radius 1 is 0.413 bits per heavy atom. The number of furan rings is 1. The first-order chi connectivity index (χ1) is 31.2. The summed E-state index contributed by atoms with van der Waals surface area (Å²) in [4.78, 5) is 2.46. The van der Waals surface area contributed by atoms with E-state index < -0.39 is 0 Å². The van der Waals surface area contributed by atoms with Gasteiger partial charge in [0.1, 0.15) is 11.2 Å². The Bertz CT molecular complexity index is 3520. The molecule has 0 bridgehead atoms. The molecule has 63 heavy (non-hydrogen) atoms. The van der Waals surface area contributed by atoms with Gasteiger partial charge in [-0.1, -0.05) is 170 Å². The van der Waals surface area contributed by atoms with Crippen molar-refractivity contribution < 1.29 is 4.42 Å². The molecule has 2 aromatic heterocycles. The van der Waals surface area contributed by atoms with Gasteiger partial charge in [0.25, 0.3) is 0 Å². The fraction of sp³-hybridized carbons (Fsp3) is 0.0333. The van der Waals surface area contributed by atoms with E-state index in [9.17, 15) is 0 Å². The maximum atomic E-state index is 6.64. The quantitative estimate of drug-likeness (QED) is 0.153. The minimum absolute atomic E-state index is 0.884. The highest BCUT2D eigenvalue weighted by Gasteiger charge is 2.24. The monoisotopic (exact) mass is 806 g/mol. The van der Waals surface area contributed by atoms with E-state index in [0.29, 0.717) is 0 Å². The summed E-state index contributed by atoms with van der Waals surface area (Å²) in [5, 5.41) is 4.77. The predicted octanol–water partition coefficient (Wildman–Crippen LogP) is 16.6. The van der Waals surface area contributed by atoms with Crippen molar-refractivity contribution in [3.63, 3.8) is 0 Å². The molecule has 11 aromatic rings. The average molecular weight is 807 g/mol. The van der Waals surface area contributed by atoms with Crippen molar-refractivity contribution in [2.24, 2.45) is 0 Å². The summed E-state index contributed by atoms with van der Waals surface area (Å²) < 4.78 is 9.01. The van der Waals surface area contributed by atoms with E-state index in [4.69, 9.17) is 4.42 Å². The third-order valence-corrected chi connectivity index (χ3v) is 12.7. The van der Waals surface area contributed by atoms with E-state index in [2.05, 4.69) is 234 Å². The predicted molar refractivity (Wildman–Crippen MR) is 265 cm³/mol. The lowest BCUT2D eigenvalue weighted by atomic mass is 9.93. The first kappa shape index (κ1) is 36.7. The van der Waals surface area contributed by atoms with Crippen LogP contribution in [0.2, 0.25) is 0 Å². The molecule has 0 fully saturated rings. The first-order valence-corrected chi connectivity index (χ1v) is 21.8. The number of benzene rings is 9. The number of hydrogen-bond donors (Lipinski definition) is 0. The second kappa shape index (κ2) is 15.4. The molecular weight excluding hydrogens is 765 g/mol. The van der Waals surface area contributed by atoms with E-state index in [-0.39, 0.29) is 0 Å². The van der Waals surface area contributed by atoms with Gasteiger partial charge in [-0.15, -0.1) is 0 Å². The van der Waals surface area contributed by atoms with Gasteiger partial charge in [0.2, 0.25) is 0 Å². The normalized spacial score (nSPS) is 12.8. The van der Waals surface area contributed by atoms with E-state index in [1.54, 1.807) is 0 Å². The molecule has 0 radical (unpaired) electrons. The van der Waals surface area contributed by atoms with Crippen LogP contribution in [-0.4, -0.2) is 4.57 Å². The Morgan fingerprint density at radius 2 is 0.952 bits per heavy atom. The minimum atomic E-state index is 0.884. The van der Waals surface area contributed by atoms with Gasteiger partial charge in [0, 0.05) is 55.4 Å². The van der Waals surface area contributed by atoms with Crippen LogP contribution in [0.5, 0.6) is 0 Å². The third-order valence-electron chi connectivity index (χ3n) is 12.7. The Hall–Kier alpha value is -8.14. The maximum absolute atomic E-state index is 6.64. The van der Waals surface area contributed by atoms with E-state index in [1.807, 2.05) is 6.07 Å². The Labute approximate surface area is 366 Å². The van der Waals surface area contributed by atoms with Crippen LogP contribution in [0.1, 0.15) is 18.4 Å². The summed E-state index contributed by atoms with van der Waals surface area (Å²) in [7, 11) is 0. The lowest BCUT2D eigenvalue weighted by Gasteiger charge is -2.31. The van der Waals surface area contributed by atoms with Crippen LogP contribution in [-0.2, 0) is 0 Å². The number of para-hydroxylation sites is 4. The molecule has 0 spiro atoms. The average Bonchev–Trinajstić information content (AvgIpc) is 3.91. The van der Waals surface area contributed by atoms with Gasteiger partial charge in [0.15, 0.2) is 0 Å². The van der Waals surface area contributed by atoms with Crippen LogP contribution < -0.4 is 4.90 Å². The molecule has 298 valence electrons. The first-order valence-electron chi connectivity index (χ1n) is 21.8. The standard InChI is InChI=1S/C60H42N2O/c1-3-14-41(15-4-1)42-26-28-43(29-27-42)44-30-35-48(36-31-44)61(56-23-10-7-18-50(56)53-21-13-22-54-52-20-9-12-25-59(52)63-60(53)54)49-37-32-45(33-38-49)46-34-39-58-55(40-46)51-19-8-11-24-57(51)62(58)47-16-5-2-6-17-47/h1-9,11-22,24-40H,10,23H2. The molecule has 0 unspecified atom stereocenters. The van der Waals surface area contributed by atoms with Crippen LogP contribution in [0.3, 0.4) is 0 Å². The molecule has 0 atom stereocenters. The summed E-state index contributed by atoms with van der Waals surface area (Å²) in [6.07, 6.45) is 6.43. The maximum Gasteiger partial charge on any atom is 0.143 e. The van der Waals surface area contributed by atoms with Gasteiger partial charge >= 0.3 is 0 Å². The molecule has 9 aromatic carbocycles. The molecule has 1 aliphatic carbocycles. The Kier molecular flexibility index (Phi) is 8.97. The molecule has 0 N–H and O–H groups in total. The number of anilines is 2. The second-order valence-corrected chi connectivity index (χ2v) is 16.4. The summed E-state index contributed by atoms with van der Waals surface area (Å²) in [6.45, 7) is 0. The van der Waals surface area contributed by atoms with Crippen molar-refractivity contribution in [2.75, 3.05) is 4.90 Å². The van der Waals surface area contributed by atoms with Crippen LogP contribution >= 0.6 is 0 Å².